The third-order valence-corrected chi connectivity index (χ3v) is 6.76. The van der Waals surface area contributed by atoms with Crippen molar-refractivity contribution in [2.45, 2.75) is 71.5 Å². The number of nitrogens with zero attached hydrogens (tertiary/aromatic N) is 3. The highest BCUT2D eigenvalue weighted by atomic mass is 127. The number of piperidine rings is 2. The Morgan fingerprint density at radius 2 is 1.75 bits per heavy atom. The lowest BCUT2D eigenvalue weighted by Gasteiger charge is -2.34. The second-order valence-electron chi connectivity index (χ2n) is 9.11. The molecule has 0 saturated carbocycles. The van der Waals surface area contributed by atoms with Crippen LogP contribution in [-0.2, 0) is 17.9 Å². The molecule has 180 valence electrons. The number of rotatable bonds is 7. The molecular weight excluding hydrogens is 513 g/mol. The standard InChI is InChI=1S/C25H41N5O.HI/c1-4-27-25(29-15-12-21(13-16-29)17-24(31)26-3)28-18-22-8-10-23(11-9-22)19-30-14-6-5-7-20(30)2;/h8-11,20-21H,4-7,12-19H2,1-3H3,(H,26,31)(H,27,28);1H. The summed E-state index contributed by atoms with van der Waals surface area (Å²) in [5.74, 6) is 1.62. The Kier molecular flexibility index (Phi) is 11.8. The van der Waals surface area contributed by atoms with Gasteiger partial charge in [-0.2, -0.15) is 0 Å². The molecule has 3 rings (SSSR count). The second-order valence-corrected chi connectivity index (χ2v) is 9.11. The summed E-state index contributed by atoms with van der Waals surface area (Å²) in [6.45, 7) is 10.2. The third-order valence-electron chi connectivity index (χ3n) is 6.76. The smallest absolute Gasteiger partial charge is 0.220 e. The van der Waals surface area contributed by atoms with E-state index in [1.807, 2.05) is 0 Å². The number of aliphatic imine (C=N–C) groups is 1. The van der Waals surface area contributed by atoms with Gasteiger partial charge in [0.2, 0.25) is 5.91 Å². The highest BCUT2D eigenvalue weighted by Gasteiger charge is 2.23. The fourth-order valence-corrected chi connectivity index (χ4v) is 4.68. The highest BCUT2D eigenvalue weighted by Crippen LogP contribution is 2.21. The van der Waals surface area contributed by atoms with Crippen LogP contribution in [0.5, 0.6) is 0 Å². The predicted molar refractivity (Wildman–Crippen MR) is 143 cm³/mol. The quantitative estimate of drug-likeness (QED) is 0.304. The largest absolute Gasteiger partial charge is 0.359 e. The zero-order valence-electron chi connectivity index (χ0n) is 20.1. The molecule has 0 spiro atoms. The lowest BCUT2D eigenvalue weighted by molar-refractivity contribution is -0.121. The Labute approximate surface area is 211 Å². The number of likely N-dealkylation sites (tertiary alicyclic amines) is 2. The van der Waals surface area contributed by atoms with E-state index in [1.165, 1.54) is 36.9 Å². The Balaban J connectivity index is 0.00000363. The summed E-state index contributed by atoms with van der Waals surface area (Å²) >= 11 is 0. The molecule has 1 aromatic carbocycles. The molecule has 1 aromatic rings. The molecular formula is C25H42IN5O. The minimum Gasteiger partial charge on any atom is -0.359 e. The SMILES string of the molecule is CCNC(=NCc1ccc(CN2CCCCC2C)cc1)N1CCC(CC(=O)NC)CC1.I. The zero-order chi connectivity index (χ0) is 22.1. The molecule has 32 heavy (non-hydrogen) atoms. The van der Waals surface area contributed by atoms with Crippen LogP contribution in [0.15, 0.2) is 29.3 Å². The maximum absolute atomic E-state index is 11.6. The van der Waals surface area contributed by atoms with E-state index in [0.717, 1.165) is 45.0 Å². The number of hydrogen-bond donors (Lipinski definition) is 2. The van der Waals surface area contributed by atoms with Crippen molar-refractivity contribution >= 4 is 35.8 Å². The number of hydrogen-bond acceptors (Lipinski definition) is 3. The Hall–Kier alpha value is -1.35. The van der Waals surface area contributed by atoms with Gasteiger partial charge in [-0.1, -0.05) is 30.7 Å². The number of benzene rings is 1. The summed E-state index contributed by atoms with van der Waals surface area (Å²) in [5, 5.41) is 6.19. The number of nitrogens with one attached hydrogen (secondary N) is 2. The second kappa shape index (κ2) is 14.0. The lowest BCUT2D eigenvalue weighted by atomic mass is 9.93. The van der Waals surface area contributed by atoms with E-state index < -0.39 is 0 Å². The van der Waals surface area contributed by atoms with Gasteiger partial charge in [0.1, 0.15) is 0 Å². The van der Waals surface area contributed by atoms with Crippen LogP contribution in [0.4, 0.5) is 0 Å². The number of amides is 1. The summed E-state index contributed by atoms with van der Waals surface area (Å²) < 4.78 is 0. The molecule has 0 bridgehead atoms. The first-order valence-corrected chi connectivity index (χ1v) is 12.1. The average Bonchev–Trinajstić information content (AvgIpc) is 2.79. The molecule has 2 saturated heterocycles. The summed E-state index contributed by atoms with van der Waals surface area (Å²) in [5.41, 5.74) is 2.65. The van der Waals surface area contributed by atoms with Gasteiger partial charge in [-0.25, -0.2) is 4.99 Å². The molecule has 6 nitrogen and oxygen atoms in total. The van der Waals surface area contributed by atoms with Gasteiger partial charge >= 0.3 is 0 Å². The number of guanidine groups is 1. The number of carbonyl (C=O) groups is 1. The third kappa shape index (κ3) is 8.21. The highest BCUT2D eigenvalue weighted by molar-refractivity contribution is 14.0. The van der Waals surface area contributed by atoms with Gasteiger partial charge in [-0.3, -0.25) is 9.69 Å². The van der Waals surface area contributed by atoms with E-state index in [-0.39, 0.29) is 29.9 Å². The topological polar surface area (TPSA) is 60.0 Å². The van der Waals surface area contributed by atoms with Gasteiger partial charge in [0.05, 0.1) is 6.54 Å². The van der Waals surface area contributed by atoms with Crippen LogP contribution < -0.4 is 10.6 Å². The fraction of sp³-hybridized carbons (Fsp3) is 0.680. The van der Waals surface area contributed by atoms with Crippen LogP contribution in [0.1, 0.15) is 63.5 Å². The van der Waals surface area contributed by atoms with Crippen LogP contribution >= 0.6 is 24.0 Å². The van der Waals surface area contributed by atoms with Crippen LogP contribution in [0.2, 0.25) is 0 Å². The summed E-state index contributed by atoms with van der Waals surface area (Å²) in [7, 11) is 1.72. The first-order valence-electron chi connectivity index (χ1n) is 12.1. The van der Waals surface area contributed by atoms with Crippen LogP contribution in [-0.4, -0.2) is 60.9 Å². The minimum atomic E-state index is 0. The predicted octanol–water partition coefficient (Wildman–Crippen LogP) is 3.99. The molecule has 0 aromatic heterocycles. The van der Waals surface area contributed by atoms with E-state index in [2.05, 4.69) is 58.5 Å². The average molecular weight is 556 g/mol. The molecule has 0 aliphatic carbocycles. The molecule has 2 N–H and O–H groups in total. The summed E-state index contributed by atoms with van der Waals surface area (Å²) in [4.78, 5) is 21.5. The van der Waals surface area contributed by atoms with Crippen molar-refractivity contribution in [3.05, 3.63) is 35.4 Å². The van der Waals surface area contributed by atoms with Crippen molar-refractivity contribution in [1.29, 1.82) is 0 Å². The number of halogens is 1. The van der Waals surface area contributed by atoms with E-state index in [4.69, 9.17) is 4.99 Å². The molecule has 1 unspecified atom stereocenters. The van der Waals surface area contributed by atoms with Crippen molar-refractivity contribution in [3.63, 3.8) is 0 Å². The van der Waals surface area contributed by atoms with Gasteiger partial charge in [-0.05, 0) is 63.1 Å². The van der Waals surface area contributed by atoms with Crippen molar-refractivity contribution in [3.8, 4) is 0 Å². The molecule has 2 fully saturated rings. The van der Waals surface area contributed by atoms with Gasteiger partial charge in [0.15, 0.2) is 5.96 Å². The lowest BCUT2D eigenvalue weighted by Crippen LogP contribution is -2.46. The molecule has 0 radical (unpaired) electrons. The molecule has 7 heteroatoms. The van der Waals surface area contributed by atoms with Gasteiger partial charge in [0.25, 0.3) is 0 Å². The van der Waals surface area contributed by atoms with Crippen molar-refractivity contribution in [2.24, 2.45) is 10.9 Å². The first-order chi connectivity index (χ1) is 15.1. The normalized spacial score (nSPS) is 20.5. The van der Waals surface area contributed by atoms with Crippen LogP contribution in [0.25, 0.3) is 0 Å². The zero-order valence-corrected chi connectivity index (χ0v) is 22.4. The monoisotopic (exact) mass is 555 g/mol. The molecule has 1 amide bonds. The van der Waals surface area contributed by atoms with Crippen LogP contribution in [0.3, 0.4) is 0 Å². The van der Waals surface area contributed by atoms with E-state index in [1.54, 1.807) is 7.05 Å². The van der Waals surface area contributed by atoms with Gasteiger partial charge in [-0.15, -0.1) is 24.0 Å². The van der Waals surface area contributed by atoms with Gasteiger partial charge in [0, 0.05) is 45.7 Å². The number of carbonyl (C=O) groups excluding carboxylic acids is 1. The van der Waals surface area contributed by atoms with E-state index in [0.29, 0.717) is 24.9 Å². The molecule has 1 atom stereocenters. The van der Waals surface area contributed by atoms with E-state index >= 15 is 0 Å². The first kappa shape index (κ1) is 26.9. The van der Waals surface area contributed by atoms with Crippen molar-refractivity contribution in [2.75, 3.05) is 33.2 Å². The van der Waals surface area contributed by atoms with Crippen molar-refractivity contribution in [1.82, 2.24) is 20.4 Å². The molecule has 2 heterocycles. The Morgan fingerprint density at radius 1 is 1.06 bits per heavy atom. The maximum Gasteiger partial charge on any atom is 0.220 e. The summed E-state index contributed by atoms with van der Waals surface area (Å²) in [6, 6.07) is 9.69. The molecule has 2 aliphatic heterocycles. The summed E-state index contributed by atoms with van der Waals surface area (Å²) in [6.07, 6.45) is 6.74. The minimum absolute atomic E-state index is 0. The molecule has 2 aliphatic rings. The van der Waals surface area contributed by atoms with Crippen molar-refractivity contribution < 1.29 is 4.79 Å². The maximum atomic E-state index is 11.6. The Bertz CT molecular complexity index is 716. The fourth-order valence-electron chi connectivity index (χ4n) is 4.68. The van der Waals surface area contributed by atoms with Gasteiger partial charge < -0.3 is 15.5 Å². The van der Waals surface area contributed by atoms with E-state index in [9.17, 15) is 4.79 Å². The Morgan fingerprint density at radius 3 is 2.38 bits per heavy atom. The van der Waals surface area contributed by atoms with Crippen LogP contribution in [0, 0.1) is 5.92 Å².